The number of benzene rings is 1. The SMILES string of the molecule is O=C(c1ccc(S(=O)(=O)NC2CC2)cc1)N1CCOCC1. The van der Waals surface area contributed by atoms with Gasteiger partial charge >= 0.3 is 0 Å². The third-order valence-corrected chi connectivity index (χ3v) is 5.15. The van der Waals surface area contributed by atoms with Crippen LogP contribution in [0.15, 0.2) is 29.2 Å². The van der Waals surface area contributed by atoms with Gasteiger partial charge < -0.3 is 9.64 Å². The number of amides is 1. The summed E-state index contributed by atoms with van der Waals surface area (Å²) in [6.45, 7) is 2.23. The first-order chi connectivity index (χ1) is 10.1. The Bertz CT molecular complexity index is 617. The van der Waals surface area contributed by atoms with Crippen molar-refractivity contribution in [2.45, 2.75) is 23.8 Å². The van der Waals surface area contributed by atoms with Crippen LogP contribution in [0.1, 0.15) is 23.2 Å². The maximum absolute atomic E-state index is 12.3. The minimum Gasteiger partial charge on any atom is -0.378 e. The summed E-state index contributed by atoms with van der Waals surface area (Å²) in [6, 6.07) is 6.18. The normalized spacial score (nSPS) is 19.5. The van der Waals surface area contributed by atoms with Gasteiger partial charge in [0, 0.05) is 24.7 Å². The summed E-state index contributed by atoms with van der Waals surface area (Å²) in [5.41, 5.74) is 0.502. The Morgan fingerprint density at radius 2 is 1.76 bits per heavy atom. The van der Waals surface area contributed by atoms with Crippen molar-refractivity contribution in [3.63, 3.8) is 0 Å². The molecule has 1 heterocycles. The Kier molecular flexibility index (Phi) is 3.97. The second-order valence-corrected chi connectivity index (χ2v) is 7.04. The van der Waals surface area contributed by atoms with Gasteiger partial charge in [-0.1, -0.05) is 0 Å². The molecule has 1 amide bonds. The molecule has 0 radical (unpaired) electrons. The monoisotopic (exact) mass is 310 g/mol. The molecule has 0 spiro atoms. The molecule has 6 nitrogen and oxygen atoms in total. The fourth-order valence-electron chi connectivity index (χ4n) is 2.21. The summed E-state index contributed by atoms with van der Waals surface area (Å²) >= 11 is 0. The summed E-state index contributed by atoms with van der Waals surface area (Å²) < 4.78 is 31.9. The highest BCUT2D eigenvalue weighted by molar-refractivity contribution is 7.89. The van der Waals surface area contributed by atoms with Crippen molar-refractivity contribution >= 4 is 15.9 Å². The quantitative estimate of drug-likeness (QED) is 0.883. The van der Waals surface area contributed by atoms with Crippen molar-refractivity contribution in [1.29, 1.82) is 0 Å². The van der Waals surface area contributed by atoms with Crippen molar-refractivity contribution < 1.29 is 17.9 Å². The van der Waals surface area contributed by atoms with Gasteiger partial charge in [0.05, 0.1) is 18.1 Å². The number of hydrogen-bond donors (Lipinski definition) is 1. The maximum Gasteiger partial charge on any atom is 0.254 e. The lowest BCUT2D eigenvalue weighted by atomic mass is 10.2. The van der Waals surface area contributed by atoms with Crippen LogP contribution in [0.4, 0.5) is 0 Å². The summed E-state index contributed by atoms with van der Waals surface area (Å²) in [5, 5.41) is 0. The highest BCUT2D eigenvalue weighted by Gasteiger charge is 2.28. The molecule has 21 heavy (non-hydrogen) atoms. The van der Waals surface area contributed by atoms with E-state index in [0.717, 1.165) is 12.8 Å². The summed E-state index contributed by atoms with van der Waals surface area (Å²) in [5.74, 6) is -0.0857. The first-order valence-corrected chi connectivity index (χ1v) is 8.54. The molecule has 0 atom stereocenters. The van der Waals surface area contributed by atoms with Crippen LogP contribution >= 0.6 is 0 Å². The number of morpholine rings is 1. The second kappa shape index (κ2) is 5.75. The van der Waals surface area contributed by atoms with Crippen molar-refractivity contribution in [1.82, 2.24) is 9.62 Å². The van der Waals surface area contributed by atoms with Crippen LogP contribution in [-0.4, -0.2) is 51.6 Å². The first-order valence-electron chi connectivity index (χ1n) is 7.06. The van der Waals surface area contributed by atoms with E-state index in [2.05, 4.69) is 4.72 Å². The van der Waals surface area contributed by atoms with Gasteiger partial charge in [-0.3, -0.25) is 4.79 Å². The van der Waals surface area contributed by atoms with Gasteiger partial charge in [0.25, 0.3) is 5.91 Å². The average molecular weight is 310 g/mol. The molecular weight excluding hydrogens is 292 g/mol. The molecule has 0 bridgehead atoms. The molecule has 1 aromatic rings. The van der Waals surface area contributed by atoms with Crippen LogP contribution in [0, 0.1) is 0 Å². The molecule has 1 aliphatic heterocycles. The number of rotatable bonds is 4. The van der Waals surface area contributed by atoms with E-state index < -0.39 is 10.0 Å². The Morgan fingerprint density at radius 1 is 1.14 bits per heavy atom. The molecule has 1 aliphatic carbocycles. The van der Waals surface area contributed by atoms with Crippen LogP contribution in [0.5, 0.6) is 0 Å². The molecule has 3 rings (SSSR count). The molecule has 0 unspecified atom stereocenters. The lowest BCUT2D eigenvalue weighted by Crippen LogP contribution is -2.40. The van der Waals surface area contributed by atoms with E-state index in [0.29, 0.717) is 31.9 Å². The number of hydrogen-bond acceptors (Lipinski definition) is 4. The summed E-state index contributed by atoms with van der Waals surface area (Å²) in [7, 11) is -3.46. The number of nitrogens with one attached hydrogen (secondary N) is 1. The molecule has 7 heteroatoms. The van der Waals surface area contributed by atoms with E-state index in [4.69, 9.17) is 4.74 Å². The smallest absolute Gasteiger partial charge is 0.254 e. The Labute approximate surface area is 124 Å². The van der Waals surface area contributed by atoms with Gasteiger partial charge in [-0.15, -0.1) is 0 Å². The molecule has 2 fully saturated rings. The van der Waals surface area contributed by atoms with E-state index in [1.165, 1.54) is 12.1 Å². The van der Waals surface area contributed by atoms with Crippen molar-refractivity contribution in [2.24, 2.45) is 0 Å². The minimum atomic E-state index is -3.46. The third-order valence-electron chi connectivity index (χ3n) is 3.61. The van der Waals surface area contributed by atoms with Crippen LogP contribution in [0.3, 0.4) is 0 Å². The van der Waals surface area contributed by atoms with E-state index in [1.54, 1.807) is 17.0 Å². The standard InChI is InChI=1S/C14H18N2O4S/c17-14(16-7-9-20-10-8-16)11-1-5-13(6-2-11)21(18,19)15-12-3-4-12/h1-2,5-6,12,15H,3-4,7-10H2. The van der Waals surface area contributed by atoms with Gasteiger partial charge in [0.2, 0.25) is 10.0 Å². The molecule has 1 saturated carbocycles. The summed E-state index contributed by atoms with van der Waals surface area (Å²) in [4.78, 5) is 14.2. The molecular formula is C14H18N2O4S. The average Bonchev–Trinajstić information content (AvgIpc) is 3.31. The topological polar surface area (TPSA) is 75.7 Å². The van der Waals surface area contributed by atoms with Crippen molar-refractivity contribution in [2.75, 3.05) is 26.3 Å². The molecule has 2 aliphatic rings. The second-order valence-electron chi connectivity index (χ2n) is 5.32. The molecule has 0 aromatic heterocycles. The van der Waals surface area contributed by atoms with Crippen LogP contribution in [0.2, 0.25) is 0 Å². The van der Waals surface area contributed by atoms with Crippen molar-refractivity contribution in [3.05, 3.63) is 29.8 Å². The third kappa shape index (κ3) is 3.42. The molecule has 114 valence electrons. The highest BCUT2D eigenvalue weighted by Crippen LogP contribution is 2.22. The number of carbonyl (C=O) groups excluding carboxylic acids is 1. The fraction of sp³-hybridized carbons (Fsp3) is 0.500. The number of sulfonamides is 1. The highest BCUT2D eigenvalue weighted by atomic mass is 32.2. The number of carbonyl (C=O) groups is 1. The van der Waals surface area contributed by atoms with E-state index in [1.807, 2.05) is 0 Å². The van der Waals surface area contributed by atoms with Crippen LogP contribution in [-0.2, 0) is 14.8 Å². The van der Waals surface area contributed by atoms with Gasteiger partial charge in [0.1, 0.15) is 0 Å². The maximum atomic E-state index is 12.3. The molecule has 1 aromatic carbocycles. The first kappa shape index (κ1) is 14.5. The van der Waals surface area contributed by atoms with Crippen molar-refractivity contribution in [3.8, 4) is 0 Å². The van der Waals surface area contributed by atoms with Crippen LogP contribution in [0.25, 0.3) is 0 Å². The Balaban J connectivity index is 1.72. The Hall–Kier alpha value is -1.44. The minimum absolute atomic E-state index is 0.0738. The van der Waals surface area contributed by atoms with E-state index in [9.17, 15) is 13.2 Å². The molecule has 1 N–H and O–H groups in total. The lowest BCUT2D eigenvalue weighted by molar-refractivity contribution is 0.0303. The van der Waals surface area contributed by atoms with Gasteiger partial charge in [0.15, 0.2) is 0 Å². The zero-order valence-corrected chi connectivity index (χ0v) is 12.4. The fourth-order valence-corrected chi connectivity index (χ4v) is 3.52. The largest absolute Gasteiger partial charge is 0.378 e. The van der Waals surface area contributed by atoms with E-state index in [-0.39, 0.29) is 16.8 Å². The number of nitrogens with zero attached hydrogens (tertiary/aromatic N) is 1. The lowest BCUT2D eigenvalue weighted by Gasteiger charge is -2.26. The predicted molar refractivity (Wildman–Crippen MR) is 76.5 cm³/mol. The number of ether oxygens (including phenoxy) is 1. The van der Waals surface area contributed by atoms with E-state index >= 15 is 0 Å². The Morgan fingerprint density at radius 3 is 2.33 bits per heavy atom. The van der Waals surface area contributed by atoms with Gasteiger partial charge in [-0.05, 0) is 37.1 Å². The van der Waals surface area contributed by atoms with Gasteiger partial charge in [-0.2, -0.15) is 0 Å². The van der Waals surface area contributed by atoms with Gasteiger partial charge in [-0.25, -0.2) is 13.1 Å². The summed E-state index contributed by atoms with van der Waals surface area (Å²) in [6.07, 6.45) is 1.79. The van der Waals surface area contributed by atoms with Crippen LogP contribution < -0.4 is 4.72 Å². The predicted octanol–water partition coefficient (Wildman–Crippen LogP) is 0.600. The zero-order chi connectivity index (χ0) is 14.9. The zero-order valence-electron chi connectivity index (χ0n) is 11.6. The molecule has 1 saturated heterocycles.